The van der Waals surface area contributed by atoms with E-state index in [4.69, 9.17) is 9.51 Å². The van der Waals surface area contributed by atoms with Crippen LogP contribution in [0.5, 0.6) is 0 Å². The average Bonchev–Trinajstić information content (AvgIpc) is 3.40. The number of hydrogen-bond acceptors (Lipinski definition) is 5. The van der Waals surface area contributed by atoms with Gasteiger partial charge in [-0.1, -0.05) is 37.3 Å². The van der Waals surface area contributed by atoms with Gasteiger partial charge >= 0.3 is 5.76 Å². The predicted octanol–water partition coefficient (Wildman–Crippen LogP) is 6.15. The quantitative estimate of drug-likeness (QED) is 0.334. The van der Waals surface area contributed by atoms with E-state index < -0.39 is 5.76 Å². The Hall–Kier alpha value is -4.13. The molecular formula is C29H29N5O2. The third-order valence-electron chi connectivity index (χ3n) is 7.26. The molecule has 0 radical (unpaired) electrons. The molecule has 7 nitrogen and oxygen atoms in total. The van der Waals surface area contributed by atoms with E-state index in [0.29, 0.717) is 5.95 Å². The molecular weight excluding hydrogens is 450 g/mol. The smallest absolute Gasteiger partial charge is 0.296 e. The Labute approximate surface area is 209 Å². The van der Waals surface area contributed by atoms with E-state index in [2.05, 4.69) is 84.9 Å². The highest BCUT2D eigenvalue weighted by Gasteiger charge is 2.28. The number of aromatic amines is 1. The monoisotopic (exact) mass is 479 g/mol. The molecule has 0 aliphatic carbocycles. The molecule has 0 atom stereocenters. The van der Waals surface area contributed by atoms with Crippen molar-refractivity contribution >= 4 is 28.4 Å². The molecule has 3 aromatic carbocycles. The first-order chi connectivity index (χ1) is 17.5. The standard InChI is InChI=1S/C29H29N5O2/c1-5-9-25-30-26-17(2)10-8-13-23(26)34(25)27-18(3)16-24-21(19(27)4)15-14-20-11-6-7-12-22(20)33(24)28-31-29(35)36-32-28/h6-8,10-13,16H,5,9,14-15H2,1-4H3,(H,31,32,35). The summed E-state index contributed by atoms with van der Waals surface area (Å²) in [7, 11) is 0. The molecule has 36 heavy (non-hydrogen) atoms. The largest absolute Gasteiger partial charge is 0.440 e. The minimum atomic E-state index is -0.567. The number of aryl methyl sites for hydroxylation is 4. The lowest BCUT2D eigenvalue weighted by atomic mass is 9.95. The van der Waals surface area contributed by atoms with E-state index in [0.717, 1.165) is 59.5 Å². The average molecular weight is 480 g/mol. The van der Waals surface area contributed by atoms with Crippen LogP contribution < -0.4 is 10.7 Å². The first kappa shape index (κ1) is 22.3. The molecule has 182 valence electrons. The molecule has 3 heterocycles. The number of fused-ring (bicyclic) bond motifs is 3. The molecule has 2 aromatic heterocycles. The van der Waals surface area contributed by atoms with Gasteiger partial charge in [0.25, 0.3) is 5.95 Å². The van der Waals surface area contributed by atoms with Gasteiger partial charge in [-0.05, 0) is 91.2 Å². The van der Waals surface area contributed by atoms with E-state index in [-0.39, 0.29) is 0 Å². The third kappa shape index (κ3) is 3.38. The molecule has 5 aromatic rings. The molecule has 0 bridgehead atoms. The van der Waals surface area contributed by atoms with Crippen LogP contribution in [0.1, 0.15) is 47.0 Å². The number of nitrogens with one attached hydrogen (secondary N) is 1. The van der Waals surface area contributed by atoms with Gasteiger partial charge in [0.05, 0.1) is 28.1 Å². The van der Waals surface area contributed by atoms with Gasteiger partial charge in [-0.3, -0.25) is 19.0 Å². The van der Waals surface area contributed by atoms with Crippen molar-refractivity contribution in [2.24, 2.45) is 0 Å². The summed E-state index contributed by atoms with van der Waals surface area (Å²) < 4.78 is 7.28. The molecule has 1 N–H and O–H groups in total. The van der Waals surface area contributed by atoms with Crippen molar-refractivity contribution in [3.63, 3.8) is 0 Å². The molecule has 6 rings (SSSR count). The zero-order chi connectivity index (χ0) is 25.0. The maximum Gasteiger partial charge on any atom is 0.440 e. The zero-order valence-corrected chi connectivity index (χ0v) is 21.1. The van der Waals surface area contributed by atoms with Crippen LogP contribution in [-0.4, -0.2) is 19.7 Å². The molecule has 0 fully saturated rings. The third-order valence-corrected chi connectivity index (χ3v) is 7.26. The van der Waals surface area contributed by atoms with Crippen LogP contribution in [0.15, 0.2) is 57.8 Å². The normalized spacial score (nSPS) is 13.1. The summed E-state index contributed by atoms with van der Waals surface area (Å²) in [6.45, 7) is 8.68. The molecule has 0 saturated heterocycles. The minimum absolute atomic E-state index is 0.387. The number of rotatable bonds is 4. The Morgan fingerprint density at radius 2 is 1.83 bits per heavy atom. The van der Waals surface area contributed by atoms with Crippen molar-refractivity contribution in [1.29, 1.82) is 0 Å². The lowest BCUT2D eigenvalue weighted by molar-refractivity contribution is 0.387. The minimum Gasteiger partial charge on any atom is -0.296 e. The Bertz CT molecular complexity index is 1670. The van der Waals surface area contributed by atoms with E-state index in [1.807, 2.05) is 11.0 Å². The van der Waals surface area contributed by atoms with Gasteiger partial charge in [0, 0.05) is 6.42 Å². The number of H-pyrrole nitrogens is 1. The SMILES string of the molecule is CCCc1nc2c(C)cccc2n1-c1c(C)cc2c(c1C)CCc1ccccc1N2c1noc(=O)[nH]1. The predicted molar refractivity (Wildman–Crippen MR) is 142 cm³/mol. The van der Waals surface area contributed by atoms with E-state index >= 15 is 0 Å². The maximum atomic E-state index is 11.9. The number of imidazole rings is 1. The molecule has 0 unspecified atom stereocenters. The lowest BCUT2D eigenvalue weighted by Gasteiger charge is -2.27. The van der Waals surface area contributed by atoms with Gasteiger partial charge in [-0.15, -0.1) is 0 Å². The number of benzene rings is 3. The highest BCUT2D eigenvalue weighted by atomic mass is 16.5. The van der Waals surface area contributed by atoms with Crippen molar-refractivity contribution in [2.75, 3.05) is 4.90 Å². The Morgan fingerprint density at radius 3 is 2.61 bits per heavy atom. The first-order valence-electron chi connectivity index (χ1n) is 12.5. The van der Waals surface area contributed by atoms with Crippen LogP contribution in [0.2, 0.25) is 0 Å². The van der Waals surface area contributed by atoms with Crippen LogP contribution in [0, 0.1) is 20.8 Å². The zero-order valence-electron chi connectivity index (χ0n) is 21.1. The molecule has 1 aliphatic heterocycles. The molecule has 0 saturated carbocycles. The van der Waals surface area contributed by atoms with Crippen molar-refractivity contribution in [2.45, 2.75) is 53.4 Å². The van der Waals surface area contributed by atoms with Crippen LogP contribution in [-0.2, 0) is 19.3 Å². The molecule has 1 aliphatic rings. The van der Waals surface area contributed by atoms with Gasteiger partial charge < -0.3 is 0 Å². The maximum absolute atomic E-state index is 11.9. The Balaban J connectivity index is 1.64. The van der Waals surface area contributed by atoms with Gasteiger partial charge in [-0.25, -0.2) is 9.78 Å². The summed E-state index contributed by atoms with van der Waals surface area (Å²) in [5.41, 5.74) is 11.4. The second-order valence-electron chi connectivity index (χ2n) is 9.60. The molecule has 0 spiro atoms. The van der Waals surface area contributed by atoms with Crippen LogP contribution in [0.4, 0.5) is 17.3 Å². The summed E-state index contributed by atoms with van der Waals surface area (Å²) in [5, 5.41) is 4.07. The van der Waals surface area contributed by atoms with Crippen molar-refractivity contribution in [3.8, 4) is 5.69 Å². The van der Waals surface area contributed by atoms with Crippen LogP contribution >= 0.6 is 0 Å². The van der Waals surface area contributed by atoms with Crippen molar-refractivity contribution in [1.82, 2.24) is 19.7 Å². The molecule has 7 heteroatoms. The summed E-state index contributed by atoms with van der Waals surface area (Å²) in [6, 6.07) is 16.9. The van der Waals surface area contributed by atoms with Gasteiger partial charge in [0.15, 0.2) is 0 Å². The van der Waals surface area contributed by atoms with E-state index in [1.165, 1.54) is 27.9 Å². The fraction of sp³-hybridized carbons (Fsp3) is 0.276. The summed E-state index contributed by atoms with van der Waals surface area (Å²) >= 11 is 0. The fourth-order valence-electron chi connectivity index (χ4n) is 5.66. The number of aromatic nitrogens is 4. The topological polar surface area (TPSA) is 79.9 Å². The van der Waals surface area contributed by atoms with Gasteiger partial charge in [-0.2, -0.15) is 0 Å². The lowest BCUT2D eigenvalue weighted by Crippen LogP contribution is -2.16. The summed E-state index contributed by atoms with van der Waals surface area (Å²) in [5.74, 6) is 0.905. The number of para-hydroxylation sites is 2. The Morgan fingerprint density at radius 1 is 1.00 bits per heavy atom. The highest BCUT2D eigenvalue weighted by Crippen LogP contribution is 2.44. The number of anilines is 3. The number of nitrogens with zero attached hydrogens (tertiary/aromatic N) is 4. The van der Waals surface area contributed by atoms with E-state index in [9.17, 15) is 4.79 Å². The van der Waals surface area contributed by atoms with Crippen molar-refractivity contribution < 1.29 is 4.52 Å². The van der Waals surface area contributed by atoms with Crippen LogP contribution in [0.3, 0.4) is 0 Å². The van der Waals surface area contributed by atoms with Crippen LogP contribution in [0.25, 0.3) is 16.7 Å². The summed E-state index contributed by atoms with van der Waals surface area (Å²) in [4.78, 5) is 21.8. The second-order valence-corrected chi connectivity index (χ2v) is 9.60. The second kappa shape index (κ2) is 8.52. The van der Waals surface area contributed by atoms with E-state index in [1.54, 1.807) is 0 Å². The molecule has 0 amide bonds. The van der Waals surface area contributed by atoms with Gasteiger partial charge in [0.1, 0.15) is 5.82 Å². The van der Waals surface area contributed by atoms with Crippen molar-refractivity contribution in [3.05, 3.63) is 92.7 Å². The highest BCUT2D eigenvalue weighted by molar-refractivity contribution is 5.85. The summed E-state index contributed by atoms with van der Waals surface area (Å²) in [6.07, 6.45) is 3.69. The fourth-order valence-corrected chi connectivity index (χ4v) is 5.66. The first-order valence-corrected chi connectivity index (χ1v) is 12.5. The number of hydrogen-bond donors (Lipinski definition) is 1. The van der Waals surface area contributed by atoms with Gasteiger partial charge in [0.2, 0.25) is 0 Å². The Kier molecular flexibility index (Phi) is 5.29.